The van der Waals surface area contributed by atoms with E-state index in [1.807, 2.05) is 6.20 Å². The fraction of sp³-hybridized carbons (Fsp3) is 0.462. The normalized spacial score (nSPS) is 26.4. The van der Waals surface area contributed by atoms with E-state index in [-0.39, 0.29) is 16.6 Å². The first-order valence-electron chi connectivity index (χ1n) is 12.1. The van der Waals surface area contributed by atoms with Crippen LogP contribution in [0, 0.1) is 16.7 Å². The molecule has 11 heteroatoms. The molecule has 2 aromatic heterocycles. The van der Waals surface area contributed by atoms with Crippen LogP contribution in [0.15, 0.2) is 36.8 Å². The van der Waals surface area contributed by atoms with Gasteiger partial charge in [-0.1, -0.05) is 26.8 Å². The van der Waals surface area contributed by atoms with Crippen LogP contribution >= 0.6 is 0 Å². The second-order valence-electron chi connectivity index (χ2n) is 10.7. The maximum absolute atomic E-state index is 16.8. The van der Waals surface area contributed by atoms with Crippen molar-refractivity contribution in [3.8, 4) is 11.8 Å². The molecule has 37 heavy (non-hydrogen) atoms. The lowest BCUT2D eigenvalue weighted by Crippen LogP contribution is -2.75. The van der Waals surface area contributed by atoms with Crippen molar-refractivity contribution in [2.75, 3.05) is 4.90 Å². The summed E-state index contributed by atoms with van der Waals surface area (Å²) >= 11 is 0. The first-order valence-corrected chi connectivity index (χ1v) is 12.1. The summed E-state index contributed by atoms with van der Waals surface area (Å²) in [6, 6.07) is 7.57. The predicted molar refractivity (Wildman–Crippen MR) is 130 cm³/mol. The topological polar surface area (TPSA) is 98.3 Å². The van der Waals surface area contributed by atoms with Crippen LogP contribution in [0.5, 0.6) is 0 Å². The van der Waals surface area contributed by atoms with Crippen LogP contribution in [0.4, 0.5) is 23.8 Å². The highest BCUT2D eigenvalue weighted by Crippen LogP contribution is 2.51. The van der Waals surface area contributed by atoms with Crippen LogP contribution in [0.3, 0.4) is 0 Å². The van der Waals surface area contributed by atoms with E-state index in [4.69, 9.17) is 0 Å². The molecule has 194 valence electrons. The highest BCUT2D eigenvalue weighted by molar-refractivity contribution is 5.93. The van der Waals surface area contributed by atoms with Crippen LogP contribution in [0.2, 0.25) is 0 Å². The molecule has 0 bridgehead atoms. The summed E-state index contributed by atoms with van der Waals surface area (Å²) in [7, 11) is 0. The molecule has 3 heterocycles. The Hall–Kier alpha value is -3.81. The Bertz CT molecular complexity index is 1430. The molecule has 1 saturated carbocycles. The lowest BCUT2D eigenvalue weighted by Gasteiger charge is -2.57. The van der Waals surface area contributed by atoms with Gasteiger partial charge in [-0.15, -0.1) is 0 Å². The molecule has 1 N–H and O–H groups in total. The summed E-state index contributed by atoms with van der Waals surface area (Å²) in [6.45, 7) is 5.70. The lowest BCUT2D eigenvalue weighted by molar-refractivity contribution is -0.193. The zero-order valence-corrected chi connectivity index (χ0v) is 20.9. The molecule has 2 fully saturated rings. The number of carboxylic acid groups (broad SMARTS) is 1. The zero-order chi connectivity index (χ0) is 26.9. The smallest absolute Gasteiger partial charge is 0.412 e. The van der Waals surface area contributed by atoms with Crippen molar-refractivity contribution in [3.05, 3.63) is 47.9 Å². The van der Waals surface area contributed by atoms with E-state index in [0.717, 1.165) is 23.3 Å². The summed E-state index contributed by atoms with van der Waals surface area (Å²) in [5, 5.41) is 19.5. The minimum atomic E-state index is -2.79. The van der Waals surface area contributed by atoms with Gasteiger partial charge in [0.25, 0.3) is 0 Å². The standard InChI is InChI=1S/C26H27F3N6O2/c1-14-26(29,25(2,3)4)35(24(36)37)21(28)20(27)34(14)23-19-18(16-8-9-16)12-33(22(19)31-13-32-23)17-7-5-6-15(10-17)11-30/h5-7,10,12-14,16,20-21H,8-9H2,1-4H3,(H,36,37). The molecule has 1 aliphatic heterocycles. The highest BCUT2D eigenvalue weighted by atomic mass is 19.2. The molecular weight excluding hydrogens is 485 g/mol. The lowest BCUT2D eigenvalue weighted by atomic mass is 9.77. The van der Waals surface area contributed by atoms with E-state index in [1.54, 1.807) is 28.8 Å². The number of alkyl halides is 3. The van der Waals surface area contributed by atoms with E-state index < -0.39 is 35.9 Å². The summed E-state index contributed by atoms with van der Waals surface area (Å²) in [6.07, 6.45) is -2.36. The number of hydrogen-bond acceptors (Lipinski definition) is 5. The van der Waals surface area contributed by atoms with Gasteiger partial charge < -0.3 is 14.6 Å². The summed E-state index contributed by atoms with van der Waals surface area (Å²) in [4.78, 5) is 21.5. The molecule has 5 rings (SSSR count). The van der Waals surface area contributed by atoms with Crippen LogP contribution in [-0.2, 0) is 0 Å². The molecular formula is C26H27F3N6O2. The largest absolute Gasteiger partial charge is 0.465 e. The number of anilines is 1. The summed E-state index contributed by atoms with van der Waals surface area (Å²) in [5.74, 6) is -2.65. The van der Waals surface area contributed by atoms with Gasteiger partial charge in [-0.2, -0.15) is 5.26 Å². The predicted octanol–water partition coefficient (Wildman–Crippen LogP) is 5.66. The van der Waals surface area contributed by atoms with Gasteiger partial charge >= 0.3 is 6.09 Å². The molecule has 3 aromatic rings. The van der Waals surface area contributed by atoms with Crippen molar-refractivity contribution in [2.24, 2.45) is 5.41 Å². The quantitative estimate of drug-likeness (QED) is 0.455. The maximum Gasteiger partial charge on any atom is 0.412 e. The third-order valence-corrected chi connectivity index (χ3v) is 7.43. The number of hydrogen-bond donors (Lipinski definition) is 1. The van der Waals surface area contributed by atoms with Gasteiger partial charge in [0.2, 0.25) is 18.4 Å². The average molecular weight is 513 g/mol. The Morgan fingerprint density at radius 2 is 1.92 bits per heavy atom. The molecule has 8 nitrogen and oxygen atoms in total. The number of nitrogens with zero attached hydrogens (tertiary/aromatic N) is 6. The Kier molecular flexibility index (Phi) is 5.62. The van der Waals surface area contributed by atoms with Crippen molar-refractivity contribution in [1.82, 2.24) is 19.4 Å². The second kappa shape index (κ2) is 8.36. The van der Waals surface area contributed by atoms with Crippen molar-refractivity contribution < 1.29 is 23.1 Å². The number of benzene rings is 1. The molecule has 2 aliphatic rings. The molecule has 4 atom stereocenters. The molecule has 1 aliphatic carbocycles. The van der Waals surface area contributed by atoms with E-state index >= 15 is 13.2 Å². The third-order valence-electron chi connectivity index (χ3n) is 7.43. The van der Waals surface area contributed by atoms with E-state index in [9.17, 15) is 15.2 Å². The molecule has 1 saturated heterocycles. The number of amides is 1. The minimum absolute atomic E-state index is 0.000974. The highest BCUT2D eigenvalue weighted by Gasteiger charge is 2.65. The minimum Gasteiger partial charge on any atom is -0.465 e. The Morgan fingerprint density at radius 3 is 2.51 bits per heavy atom. The fourth-order valence-corrected chi connectivity index (χ4v) is 5.46. The third kappa shape index (κ3) is 3.61. The first-order chi connectivity index (χ1) is 17.4. The summed E-state index contributed by atoms with van der Waals surface area (Å²) < 4.78 is 49.8. The van der Waals surface area contributed by atoms with Gasteiger partial charge in [-0.3, -0.25) is 0 Å². The van der Waals surface area contributed by atoms with Crippen LogP contribution < -0.4 is 4.90 Å². The van der Waals surface area contributed by atoms with Crippen LogP contribution in [-0.4, -0.2) is 55.1 Å². The molecule has 0 spiro atoms. The van der Waals surface area contributed by atoms with Crippen molar-refractivity contribution in [2.45, 2.75) is 70.9 Å². The van der Waals surface area contributed by atoms with Gasteiger partial charge in [0.05, 0.1) is 23.1 Å². The Morgan fingerprint density at radius 1 is 1.22 bits per heavy atom. The SMILES string of the molecule is CC1N(c2ncnc3c2c(C2CC2)cn3-c2cccc(C#N)c2)C(F)C(F)N(C(=O)O)C1(F)C(C)(C)C. The number of halogens is 3. The Balaban J connectivity index is 1.75. The monoisotopic (exact) mass is 512 g/mol. The summed E-state index contributed by atoms with van der Waals surface area (Å²) in [5.41, 5.74) is 0.903. The van der Waals surface area contributed by atoms with Crippen molar-refractivity contribution in [1.29, 1.82) is 5.26 Å². The first kappa shape index (κ1) is 24.9. The Labute approximate surface area is 211 Å². The zero-order valence-electron chi connectivity index (χ0n) is 20.9. The average Bonchev–Trinajstić information content (AvgIpc) is 3.62. The van der Waals surface area contributed by atoms with E-state index in [2.05, 4.69) is 16.0 Å². The van der Waals surface area contributed by atoms with E-state index in [1.165, 1.54) is 34.0 Å². The molecule has 1 aromatic carbocycles. The number of nitriles is 1. The molecule has 0 radical (unpaired) electrons. The fourth-order valence-electron chi connectivity index (χ4n) is 5.46. The second-order valence-corrected chi connectivity index (χ2v) is 10.7. The van der Waals surface area contributed by atoms with Gasteiger partial charge in [-0.25, -0.2) is 32.8 Å². The van der Waals surface area contributed by atoms with Gasteiger partial charge in [-0.05, 0) is 49.4 Å². The van der Waals surface area contributed by atoms with Gasteiger partial charge in [0.15, 0.2) is 0 Å². The molecule has 4 unspecified atom stereocenters. The van der Waals surface area contributed by atoms with Crippen molar-refractivity contribution >= 4 is 22.9 Å². The number of rotatable bonds is 3. The molecule has 1 amide bonds. The van der Waals surface area contributed by atoms with Gasteiger partial charge in [0.1, 0.15) is 17.8 Å². The van der Waals surface area contributed by atoms with Crippen LogP contribution in [0.25, 0.3) is 16.7 Å². The van der Waals surface area contributed by atoms with Gasteiger partial charge in [0, 0.05) is 17.3 Å². The number of aromatic nitrogens is 3. The number of carbonyl (C=O) groups is 1. The van der Waals surface area contributed by atoms with E-state index in [0.29, 0.717) is 22.3 Å². The maximum atomic E-state index is 16.8. The number of fused-ring (bicyclic) bond motifs is 1. The number of piperazine rings is 1. The van der Waals surface area contributed by atoms with Crippen molar-refractivity contribution in [3.63, 3.8) is 0 Å². The van der Waals surface area contributed by atoms with Crippen LogP contribution in [0.1, 0.15) is 57.6 Å².